The highest BCUT2D eigenvalue weighted by Crippen LogP contribution is 2.29. The van der Waals surface area contributed by atoms with Crippen LogP contribution in [0.15, 0.2) is 54.6 Å². The smallest absolute Gasteiger partial charge is 0.123 e. The fraction of sp³-hybridized carbons (Fsp3) is 0.235. The summed E-state index contributed by atoms with van der Waals surface area (Å²) in [5, 5.41) is 18.2. The Morgan fingerprint density at radius 1 is 1.05 bits per heavy atom. The molecule has 2 rings (SSSR count). The SMILES string of the molecule is N#CC[C@@H](CO)c1ccccc1OCc1ccccc1. The molecular weight excluding hydrogens is 250 g/mol. The lowest BCUT2D eigenvalue weighted by atomic mass is 9.96. The summed E-state index contributed by atoms with van der Waals surface area (Å²) in [6.07, 6.45) is 0.280. The third-order valence-electron chi connectivity index (χ3n) is 3.15. The molecule has 0 aromatic heterocycles. The van der Waals surface area contributed by atoms with E-state index in [1.807, 2.05) is 54.6 Å². The molecule has 2 aromatic rings. The third-order valence-corrected chi connectivity index (χ3v) is 3.15. The van der Waals surface area contributed by atoms with Crippen LogP contribution in [0.3, 0.4) is 0 Å². The molecule has 1 atom stereocenters. The molecule has 0 heterocycles. The van der Waals surface area contributed by atoms with Crippen LogP contribution in [-0.2, 0) is 6.61 Å². The normalized spacial score (nSPS) is 11.6. The average Bonchev–Trinajstić information content (AvgIpc) is 2.52. The van der Waals surface area contributed by atoms with E-state index in [1.165, 1.54) is 0 Å². The van der Waals surface area contributed by atoms with Crippen molar-refractivity contribution in [2.75, 3.05) is 6.61 Å². The number of hydrogen-bond donors (Lipinski definition) is 1. The Kier molecular flexibility index (Phi) is 5.16. The van der Waals surface area contributed by atoms with E-state index < -0.39 is 0 Å². The molecule has 2 aromatic carbocycles. The number of hydrogen-bond acceptors (Lipinski definition) is 3. The molecule has 0 unspecified atom stereocenters. The predicted molar refractivity (Wildman–Crippen MR) is 77.3 cm³/mol. The summed E-state index contributed by atoms with van der Waals surface area (Å²) in [5.74, 6) is 0.526. The molecule has 0 aliphatic rings. The van der Waals surface area contributed by atoms with Crippen LogP contribution in [0.4, 0.5) is 0 Å². The molecule has 3 heteroatoms. The van der Waals surface area contributed by atoms with Gasteiger partial charge in [-0.1, -0.05) is 48.5 Å². The molecule has 1 N–H and O–H groups in total. The van der Waals surface area contributed by atoms with Gasteiger partial charge in [-0.2, -0.15) is 5.26 Å². The monoisotopic (exact) mass is 267 g/mol. The molecule has 0 spiro atoms. The van der Waals surface area contributed by atoms with Gasteiger partial charge in [-0.05, 0) is 11.6 Å². The van der Waals surface area contributed by atoms with Crippen LogP contribution in [-0.4, -0.2) is 11.7 Å². The van der Waals surface area contributed by atoms with Crippen molar-refractivity contribution in [1.29, 1.82) is 5.26 Å². The predicted octanol–water partition coefficient (Wildman–Crippen LogP) is 3.26. The summed E-state index contributed by atoms with van der Waals surface area (Å²) in [6, 6.07) is 19.6. The van der Waals surface area contributed by atoms with E-state index in [0.717, 1.165) is 16.9 Å². The van der Waals surface area contributed by atoms with Gasteiger partial charge in [0, 0.05) is 17.9 Å². The van der Waals surface area contributed by atoms with Crippen molar-refractivity contribution in [1.82, 2.24) is 0 Å². The molecule has 0 radical (unpaired) electrons. The third kappa shape index (κ3) is 3.59. The number of aliphatic hydroxyl groups is 1. The minimum absolute atomic E-state index is 0.0563. The van der Waals surface area contributed by atoms with Crippen LogP contribution in [0.5, 0.6) is 5.75 Å². The number of aliphatic hydroxyl groups excluding tert-OH is 1. The van der Waals surface area contributed by atoms with Gasteiger partial charge in [0.1, 0.15) is 12.4 Å². The summed E-state index contributed by atoms with van der Waals surface area (Å²) >= 11 is 0. The van der Waals surface area contributed by atoms with Crippen molar-refractivity contribution >= 4 is 0 Å². The molecule has 102 valence electrons. The number of para-hydroxylation sites is 1. The first-order chi connectivity index (χ1) is 9.85. The molecular formula is C17H17NO2. The minimum atomic E-state index is -0.202. The highest BCUT2D eigenvalue weighted by molar-refractivity contribution is 5.37. The highest BCUT2D eigenvalue weighted by atomic mass is 16.5. The molecule has 0 aliphatic heterocycles. The quantitative estimate of drug-likeness (QED) is 0.874. The number of benzene rings is 2. The van der Waals surface area contributed by atoms with Crippen LogP contribution in [0.25, 0.3) is 0 Å². The zero-order chi connectivity index (χ0) is 14.2. The van der Waals surface area contributed by atoms with Gasteiger partial charge in [-0.3, -0.25) is 0 Å². The van der Waals surface area contributed by atoms with Gasteiger partial charge < -0.3 is 9.84 Å². The Labute approximate surface area is 119 Å². The van der Waals surface area contributed by atoms with E-state index in [2.05, 4.69) is 6.07 Å². The molecule has 20 heavy (non-hydrogen) atoms. The second-order valence-electron chi connectivity index (χ2n) is 4.55. The van der Waals surface area contributed by atoms with E-state index in [-0.39, 0.29) is 18.9 Å². The lowest BCUT2D eigenvalue weighted by Gasteiger charge is -2.16. The van der Waals surface area contributed by atoms with Crippen molar-refractivity contribution in [3.05, 3.63) is 65.7 Å². The second kappa shape index (κ2) is 7.32. The van der Waals surface area contributed by atoms with Gasteiger partial charge in [0.15, 0.2) is 0 Å². The van der Waals surface area contributed by atoms with Crippen molar-refractivity contribution in [2.45, 2.75) is 18.9 Å². The van der Waals surface area contributed by atoms with Crippen LogP contribution >= 0.6 is 0 Å². The maximum Gasteiger partial charge on any atom is 0.123 e. The average molecular weight is 267 g/mol. The maximum absolute atomic E-state index is 9.41. The summed E-state index contributed by atoms with van der Waals surface area (Å²) in [7, 11) is 0. The zero-order valence-corrected chi connectivity index (χ0v) is 11.2. The van der Waals surface area contributed by atoms with E-state index in [1.54, 1.807) is 0 Å². The molecule has 0 saturated carbocycles. The van der Waals surface area contributed by atoms with Gasteiger partial charge in [-0.15, -0.1) is 0 Å². The first kappa shape index (κ1) is 14.1. The Morgan fingerprint density at radius 3 is 2.45 bits per heavy atom. The zero-order valence-electron chi connectivity index (χ0n) is 11.2. The minimum Gasteiger partial charge on any atom is -0.489 e. The molecule has 3 nitrogen and oxygen atoms in total. The topological polar surface area (TPSA) is 53.2 Å². The number of nitrogens with zero attached hydrogens (tertiary/aromatic N) is 1. The van der Waals surface area contributed by atoms with Crippen molar-refractivity contribution < 1.29 is 9.84 Å². The Bertz CT molecular complexity index is 575. The van der Waals surface area contributed by atoms with E-state index in [9.17, 15) is 5.11 Å². The second-order valence-corrected chi connectivity index (χ2v) is 4.55. The first-order valence-electron chi connectivity index (χ1n) is 6.58. The Balaban J connectivity index is 2.13. The molecule has 0 saturated heterocycles. The highest BCUT2D eigenvalue weighted by Gasteiger charge is 2.15. The van der Waals surface area contributed by atoms with Crippen molar-refractivity contribution in [3.8, 4) is 11.8 Å². The molecule has 0 bridgehead atoms. The molecule has 0 amide bonds. The summed E-state index contributed by atoms with van der Waals surface area (Å²) in [5.41, 5.74) is 1.97. The van der Waals surface area contributed by atoms with Crippen molar-refractivity contribution in [3.63, 3.8) is 0 Å². The van der Waals surface area contributed by atoms with Crippen molar-refractivity contribution in [2.24, 2.45) is 0 Å². The first-order valence-corrected chi connectivity index (χ1v) is 6.58. The van der Waals surface area contributed by atoms with E-state index in [4.69, 9.17) is 10.00 Å². The number of nitriles is 1. The lowest BCUT2D eigenvalue weighted by Crippen LogP contribution is -2.06. The Morgan fingerprint density at radius 2 is 1.75 bits per heavy atom. The molecule has 0 fully saturated rings. The van der Waals surface area contributed by atoms with Gasteiger partial charge in [0.25, 0.3) is 0 Å². The van der Waals surface area contributed by atoms with Crippen LogP contribution < -0.4 is 4.74 Å². The van der Waals surface area contributed by atoms with Crippen LogP contribution in [0.1, 0.15) is 23.5 Å². The van der Waals surface area contributed by atoms with Crippen LogP contribution in [0, 0.1) is 11.3 Å². The summed E-state index contributed by atoms with van der Waals surface area (Å²) in [6.45, 7) is 0.418. The standard InChI is InChI=1S/C17H17NO2/c18-11-10-15(12-19)16-8-4-5-9-17(16)20-13-14-6-2-1-3-7-14/h1-9,15,19H,10,12-13H2/t15-/m0/s1. The lowest BCUT2D eigenvalue weighted by molar-refractivity contribution is 0.256. The van der Waals surface area contributed by atoms with Gasteiger partial charge >= 0.3 is 0 Å². The van der Waals surface area contributed by atoms with E-state index in [0.29, 0.717) is 6.61 Å². The molecule has 0 aliphatic carbocycles. The summed E-state index contributed by atoms with van der Waals surface area (Å²) in [4.78, 5) is 0. The number of ether oxygens (including phenoxy) is 1. The van der Waals surface area contributed by atoms with E-state index >= 15 is 0 Å². The summed E-state index contributed by atoms with van der Waals surface area (Å²) < 4.78 is 5.83. The van der Waals surface area contributed by atoms with Gasteiger partial charge in [-0.25, -0.2) is 0 Å². The maximum atomic E-state index is 9.41. The fourth-order valence-electron chi connectivity index (χ4n) is 2.07. The van der Waals surface area contributed by atoms with Gasteiger partial charge in [0.2, 0.25) is 0 Å². The Hall–Kier alpha value is -2.31. The fourth-order valence-corrected chi connectivity index (χ4v) is 2.07. The largest absolute Gasteiger partial charge is 0.489 e. The number of rotatable bonds is 6. The van der Waals surface area contributed by atoms with Gasteiger partial charge in [0.05, 0.1) is 12.7 Å². The van der Waals surface area contributed by atoms with Crippen LogP contribution in [0.2, 0.25) is 0 Å².